The van der Waals surface area contributed by atoms with Crippen LogP contribution in [0.25, 0.3) is 11.0 Å². The van der Waals surface area contributed by atoms with Gasteiger partial charge in [0.1, 0.15) is 11.3 Å². The molecule has 0 aliphatic carbocycles. The highest BCUT2D eigenvalue weighted by atomic mass is 16.5. The zero-order valence-corrected chi connectivity index (χ0v) is 15.4. The van der Waals surface area contributed by atoms with Gasteiger partial charge in [0.25, 0.3) is 0 Å². The number of nitrogens with one attached hydrogen (secondary N) is 1. The smallest absolute Gasteiger partial charge is 0.374 e. The second-order valence-electron chi connectivity index (χ2n) is 6.17. The third kappa shape index (κ3) is 4.35. The number of likely N-dealkylation sites (N-methyl/N-ethyl adjacent to an activating group) is 1. The molecule has 1 N–H and O–H groups in total. The number of aromatic nitrogens is 1. The molecule has 0 saturated carbocycles. The molecule has 0 unspecified atom stereocenters. The summed E-state index contributed by atoms with van der Waals surface area (Å²) in [5, 5.41) is 7.22. The van der Waals surface area contributed by atoms with Crippen LogP contribution in [0.1, 0.15) is 28.8 Å². The van der Waals surface area contributed by atoms with Crippen LogP contribution in [0.3, 0.4) is 0 Å². The summed E-state index contributed by atoms with van der Waals surface area (Å²) in [6.07, 6.45) is 0. The van der Waals surface area contributed by atoms with Gasteiger partial charge in [-0.25, -0.2) is 4.79 Å². The van der Waals surface area contributed by atoms with Crippen LogP contribution in [0.4, 0.5) is 5.82 Å². The molecule has 1 aromatic carbocycles. The minimum atomic E-state index is -0.514. The van der Waals surface area contributed by atoms with E-state index < -0.39 is 5.97 Å². The Labute approximate surface area is 156 Å². The maximum Gasteiger partial charge on any atom is 0.374 e. The SMILES string of the molecule is CCOC(=O)c1oc2ccccc2c1CN(C)CC(=O)Nc1cc(C)on1. The molecule has 0 bridgehead atoms. The van der Waals surface area contributed by atoms with Crippen molar-refractivity contribution in [3.8, 4) is 0 Å². The molecule has 142 valence electrons. The fourth-order valence-corrected chi connectivity index (χ4v) is 2.80. The first-order valence-electron chi connectivity index (χ1n) is 8.57. The maximum absolute atomic E-state index is 12.2. The molecule has 0 fully saturated rings. The van der Waals surface area contributed by atoms with Crippen molar-refractivity contribution in [1.82, 2.24) is 10.1 Å². The van der Waals surface area contributed by atoms with Crippen LogP contribution >= 0.6 is 0 Å². The van der Waals surface area contributed by atoms with E-state index in [1.807, 2.05) is 18.2 Å². The molecule has 27 heavy (non-hydrogen) atoms. The summed E-state index contributed by atoms with van der Waals surface area (Å²) in [5.74, 6) is 0.391. The Bertz CT molecular complexity index is 959. The summed E-state index contributed by atoms with van der Waals surface area (Å²) in [6, 6.07) is 9.02. The molecule has 2 heterocycles. The molecule has 0 atom stereocenters. The Hall–Kier alpha value is -3.13. The van der Waals surface area contributed by atoms with Gasteiger partial charge >= 0.3 is 5.97 Å². The van der Waals surface area contributed by atoms with Crippen molar-refractivity contribution < 1.29 is 23.3 Å². The number of hydrogen-bond acceptors (Lipinski definition) is 7. The standard InChI is InChI=1S/C19H21N3O5/c1-4-25-19(24)18-14(13-7-5-6-8-15(13)26-18)10-22(3)11-17(23)20-16-9-12(2)27-21-16/h5-9H,4,10-11H2,1-3H3,(H,20,21,23). The van der Waals surface area contributed by atoms with E-state index in [2.05, 4.69) is 10.5 Å². The highest BCUT2D eigenvalue weighted by Crippen LogP contribution is 2.27. The van der Waals surface area contributed by atoms with E-state index in [0.29, 0.717) is 29.3 Å². The topological polar surface area (TPSA) is 97.8 Å². The Morgan fingerprint density at radius 3 is 2.78 bits per heavy atom. The van der Waals surface area contributed by atoms with Crippen molar-refractivity contribution in [2.75, 3.05) is 25.5 Å². The van der Waals surface area contributed by atoms with Crippen molar-refractivity contribution >= 4 is 28.7 Å². The minimum absolute atomic E-state index is 0.105. The van der Waals surface area contributed by atoms with Crippen molar-refractivity contribution in [3.05, 3.63) is 47.4 Å². The zero-order chi connectivity index (χ0) is 19.4. The minimum Gasteiger partial charge on any atom is -0.460 e. The fourth-order valence-electron chi connectivity index (χ4n) is 2.80. The number of carbonyl (C=O) groups is 2. The largest absolute Gasteiger partial charge is 0.460 e. The number of carbonyl (C=O) groups excluding carboxylic acids is 2. The molecule has 0 spiro atoms. The van der Waals surface area contributed by atoms with E-state index in [0.717, 1.165) is 5.39 Å². The summed E-state index contributed by atoms with van der Waals surface area (Å²) in [4.78, 5) is 26.2. The molecule has 3 rings (SSSR count). The maximum atomic E-state index is 12.2. The fraction of sp³-hybridized carbons (Fsp3) is 0.316. The van der Waals surface area contributed by atoms with E-state index in [1.165, 1.54) is 0 Å². The normalized spacial score (nSPS) is 11.1. The molecular weight excluding hydrogens is 350 g/mol. The van der Waals surface area contributed by atoms with Gasteiger partial charge < -0.3 is 19.0 Å². The Morgan fingerprint density at radius 1 is 1.30 bits per heavy atom. The van der Waals surface area contributed by atoms with Crippen LogP contribution in [0.15, 0.2) is 39.3 Å². The van der Waals surface area contributed by atoms with Crippen molar-refractivity contribution in [3.63, 3.8) is 0 Å². The average molecular weight is 371 g/mol. The quantitative estimate of drug-likeness (QED) is 0.638. The first-order chi connectivity index (χ1) is 13.0. The number of amides is 1. The summed E-state index contributed by atoms with van der Waals surface area (Å²) in [5.41, 5.74) is 1.29. The van der Waals surface area contributed by atoms with Gasteiger partial charge in [-0.3, -0.25) is 9.69 Å². The molecule has 8 heteroatoms. The molecule has 1 amide bonds. The third-order valence-electron chi connectivity index (χ3n) is 3.90. The number of hydrogen-bond donors (Lipinski definition) is 1. The van der Waals surface area contributed by atoms with Gasteiger partial charge in [-0.2, -0.15) is 0 Å². The molecule has 2 aromatic heterocycles. The number of furan rings is 1. The first kappa shape index (κ1) is 18.7. The summed E-state index contributed by atoms with van der Waals surface area (Å²) < 4.78 is 15.7. The Kier molecular flexibility index (Phi) is 5.56. The summed E-state index contributed by atoms with van der Waals surface area (Å²) in [6.45, 7) is 4.19. The number of ether oxygens (including phenoxy) is 1. The van der Waals surface area contributed by atoms with Crippen molar-refractivity contribution in [2.45, 2.75) is 20.4 Å². The second kappa shape index (κ2) is 8.05. The molecule has 3 aromatic rings. The van der Waals surface area contributed by atoms with E-state index in [9.17, 15) is 9.59 Å². The molecular formula is C19H21N3O5. The van der Waals surface area contributed by atoms with Gasteiger partial charge in [0.05, 0.1) is 13.2 Å². The third-order valence-corrected chi connectivity index (χ3v) is 3.90. The lowest BCUT2D eigenvalue weighted by molar-refractivity contribution is -0.117. The highest BCUT2D eigenvalue weighted by Gasteiger charge is 2.23. The van der Waals surface area contributed by atoms with Crippen molar-refractivity contribution in [2.24, 2.45) is 0 Å². The Morgan fingerprint density at radius 2 is 2.07 bits per heavy atom. The number of nitrogens with zero attached hydrogens (tertiary/aromatic N) is 2. The molecule has 8 nitrogen and oxygen atoms in total. The van der Waals surface area contributed by atoms with E-state index >= 15 is 0 Å². The number of rotatable bonds is 7. The summed E-state index contributed by atoms with van der Waals surface area (Å²) >= 11 is 0. The number of fused-ring (bicyclic) bond motifs is 1. The van der Waals surface area contributed by atoms with Crippen LogP contribution in [-0.2, 0) is 16.1 Å². The van der Waals surface area contributed by atoms with Gasteiger partial charge in [0.15, 0.2) is 5.82 Å². The predicted molar refractivity (Wildman–Crippen MR) is 98.4 cm³/mol. The predicted octanol–water partition coefficient (Wildman–Crippen LogP) is 2.98. The van der Waals surface area contributed by atoms with E-state index in [-0.39, 0.29) is 24.8 Å². The van der Waals surface area contributed by atoms with Crippen molar-refractivity contribution in [1.29, 1.82) is 0 Å². The number of esters is 1. The van der Waals surface area contributed by atoms with E-state index in [4.69, 9.17) is 13.7 Å². The first-order valence-corrected chi connectivity index (χ1v) is 8.57. The van der Waals surface area contributed by atoms with Crippen LogP contribution in [0.5, 0.6) is 0 Å². The number of aryl methyl sites for hydroxylation is 1. The Balaban J connectivity index is 1.75. The molecule has 0 aliphatic rings. The van der Waals surface area contributed by atoms with Crippen LogP contribution in [0, 0.1) is 6.92 Å². The summed E-state index contributed by atoms with van der Waals surface area (Å²) in [7, 11) is 1.78. The van der Waals surface area contributed by atoms with Gasteiger partial charge in [-0.1, -0.05) is 23.4 Å². The van der Waals surface area contributed by atoms with Crippen LogP contribution in [-0.4, -0.2) is 42.1 Å². The monoisotopic (exact) mass is 371 g/mol. The zero-order valence-electron chi connectivity index (χ0n) is 15.4. The number of anilines is 1. The van der Waals surface area contributed by atoms with Gasteiger partial charge in [0, 0.05) is 23.6 Å². The lowest BCUT2D eigenvalue weighted by Crippen LogP contribution is -2.30. The lowest BCUT2D eigenvalue weighted by atomic mass is 10.1. The van der Waals surface area contributed by atoms with Gasteiger partial charge in [-0.05, 0) is 27.0 Å². The van der Waals surface area contributed by atoms with Crippen LogP contribution in [0.2, 0.25) is 0 Å². The highest BCUT2D eigenvalue weighted by molar-refractivity contribution is 5.96. The van der Waals surface area contributed by atoms with E-state index in [1.54, 1.807) is 37.9 Å². The second-order valence-corrected chi connectivity index (χ2v) is 6.17. The number of benzene rings is 1. The number of para-hydroxylation sites is 1. The molecule has 0 saturated heterocycles. The molecule has 0 aliphatic heterocycles. The van der Waals surface area contributed by atoms with Gasteiger partial charge in [0.2, 0.25) is 11.7 Å². The average Bonchev–Trinajstić information content (AvgIpc) is 3.19. The van der Waals surface area contributed by atoms with Gasteiger partial charge in [-0.15, -0.1) is 0 Å². The lowest BCUT2D eigenvalue weighted by Gasteiger charge is -2.15. The van der Waals surface area contributed by atoms with Crippen LogP contribution < -0.4 is 5.32 Å². The molecule has 0 radical (unpaired) electrons.